The van der Waals surface area contributed by atoms with Crippen LogP contribution in [0.3, 0.4) is 0 Å². The Morgan fingerprint density at radius 2 is 1.83 bits per heavy atom. The maximum absolute atomic E-state index is 13.8. The Balaban J connectivity index is 1.78. The Labute approximate surface area is 204 Å². The summed E-state index contributed by atoms with van der Waals surface area (Å²) in [6.45, 7) is 0.614. The second-order valence-electron chi connectivity index (χ2n) is 7.75. The van der Waals surface area contributed by atoms with Gasteiger partial charge in [-0.1, -0.05) is 18.2 Å². The number of aromatic nitrogens is 3. The van der Waals surface area contributed by atoms with E-state index in [-0.39, 0.29) is 18.9 Å². The number of rotatable bonds is 9. The zero-order chi connectivity index (χ0) is 24.6. The number of pyridine rings is 1. The van der Waals surface area contributed by atoms with Gasteiger partial charge in [0.05, 0.1) is 38.1 Å². The molecule has 0 aliphatic rings. The summed E-state index contributed by atoms with van der Waals surface area (Å²) in [5.41, 5.74) is 3.42. The maximum atomic E-state index is 13.8. The summed E-state index contributed by atoms with van der Waals surface area (Å²) in [6.07, 6.45) is 3.62. The van der Waals surface area contributed by atoms with Crippen LogP contribution < -0.4 is 9.47 Å². The molecular weight excluding hydrogens is 442 g/mol. The quantitative estimate of drug-likeness (QED) is 0.360. The molecule has 2 aromatic heterocycles. The van der Waals surface area contributed by atoms with E-state index < -0.39 is 0 Å². The van der Waals surface area contributed by atoms with Crippen LogP contribution in [0.1, 0.15) is 22.5 Å². The number of nitriles is 1. The van der Waals surface area contributed by atoms with Crippen molar-refractivity contribution in [1.29, 1.82) is 5.26 Å². The molecule has 176 valence electrons. The first kappa shape index (κ1) is 23.5. The molecule has 2 aromatic carbocycles. The molecule has 0 radical (unpaired) electrons. The summed E-state index contributed by atoms with van der Waals surface area (Å²) >= 11 is 0. The molecule has 0 atom stereocenters. The molecule has 8 nitrogen and oxygen atoms in total. The van der Waals surface area contributed by atoms with Crippen LogP contribution in [0.2, 0.25) is 0 Å². The molecule has 0 saturated heterocycles. The predicted octanol–water partition coefficient (Wildman–Crippen LogP) is 4.51. The van der Waals surface area contributed by atoms with Crippen LogP contribution in [0.25, 0.3) is 16.9 Å². The highest BCUT2D eigenvalue weighted by Gasteiger charge is 2.23. The molecule has 0 N–H and O–H groups in total. The molecule has 0 saturated carbocycles. The van der Waals surface area contributed by atoms with Gasteiger partial charge in [-0.3, -0.25) is 9.78 Å². The van der Waals surface area contributed by atoms with Gasteiger partial charge in [-0.15, -0.1) is 0 Å². The van der Waals surface area contributed by atoms with Gasteiger partial charge in [0, 0.05) is 31.0 Å². The molecule has 2 heterocycles. The molecule has 0 spiro atoms. The summed E-state index contributed by atoms with van der Waals surface area (Å²) in [6, 6.07) is 22.5. The van der Waals surface area contributed by atoms with Crippen LogP contribution in [0.15, 0.2) is 79.1 Å². The fraction of sp³-hybridized carbons (Fsp3) is 0.185. The van der Waals surface area contributed by atoms with E-state index in [1.165, 1.54) is 0 Å². The molecule has 0 aliphatic heterocycles. The van der Waals surface area contributed by atoms with Crippen LogP contribution >= 0.6 is 0 Å². The van der Waals surface area contributed by atoms with Crippen LogP contribution in [-0.4, -0.2) is 46.3 Å². The average Bonchev–Trinajstić information content (AvgIpc) is 3.37. The highest BCUT2D eigenvalue weighted by Crippen LogP contribution is 2.27. The highest BCUT2D eigenvalue weighted by molar-refractivity contribution is 5.94. The van der Waals surface area contributed by atoms with Gasteiger partial charge in [-0.25, -0.2) is 4.68 Å². The fourth-order valence-electron chi connectivity index (χ4n) is 3.69. The van der Waals surface area contributed by atoms with Gasteiger partial charge in [-0.2, -0.15) is 10.4 Å². The third-order valence-electron chi connectivity index (χ3n) is 5.49. The van der Waals surface area contributed by atoms with Crippen molar-refractivity contribution in [3.05, 3.63) is 90.4 Å². The van der Waals surface area contributed by atoms with Gasteiger partial charge < -0.3 is 14.4 Å². The lowest BCUT2D eigenvalue weighted by Gasteiger charge is -2.22. The lowest BCUT2D eigenvalue weighted by atomic mass is 10.1. The minimum absolute atomic E-state index is 0.214. The minimum Gasteiger partial charge on any atom is -0.497 e. The maximum Gasteiger partial charge on any atom is 0.272 e. The normalized spacial score (nSPS) is 10.4. The van der Waals surface area contributed by atoms with E-state index in [2.05, 4.69) is 11.1 Å². The first-order valence-electron chi connectivity index (χ1n) is 11.1. The SMILES string of the molecule is COc1ccc(-n2nc(-c3cccc(OC)c3)cc2C(=O)N(CCC#N)Cc2cccnc2)cc1. The number of nitrogens with zero attached hydrogens (tertiary/aromatic N) is 5. The van der Waals surface area contributed by atoms with E-state index in [0.717, 1.165) is 11.1 Å². The van der Waals surface area contributed by atoms with Gasteiger partial charge in [0.1, 0.15) is 17.2 Å². The fourth-order valence-corrected chi connectivity index (χ4v) is 3.69. The second-order valence-corrected chi connectivity index (χ2v) is 7.75. The molecule has 35 heavy (non-hydrogen) atoms. The van der Waals surface area contributed by atoms with E-state index in [1.54, 1.807) is 42.3 Å². The lowest BCUT2D eigenvalue weighted by Crippen LogP contribution is -2.33. The lowest BCUT2D eigenvalue weighted by molar-refractivity contribution is 0.0737. The third kappa shape index (κ3) is 5.47. The number of amides is 1. The van der Waals surface area contributed by atoms with E-state index in [4.69, 9.17) is 14.6 Å². The molecule has 8 heteroatoms. The third-order valence-corrected chi connectivity index (χ3v) is 5.49. The number of ether oxygens (including phenoxy) is 2. The number of methoxy groups -OCH3 is 2. The Kier molecular flexibility index (Phi) is 7.38. The summed E-state index contributed by atoms with van der Waals surface area (Å²) in [5.74, 6) is 1.16. The number of hydrogen-bond donors (Lipinski definition) is 0. The predicted molar refractivity (Wildman–Crippen MR) is 131 cm³/mol. The van der Waals surface area contributed by atoms with Crippen molar-refractivity contribution in [2.75, 3.05) is 20.8 Å². The Hall–Kier alpha value is -4.64. The molecular formula is C27H25N5O3. The number of carbonyl (C=O) groups excluding carboxylic acids is 1. The Morgan fingerprint density at radius 3 is 2.51 bits per heavy atom. The molecule has 0 unspecified atom stereocenters. The van der Waals surface area contributed by atoms with Gasteiger partial charge in [0.2, 0.25) is 0 Å². The van der Waals surface area contributed by atoms with Gasteiger partial charge >= 0.3 is 0 Å². The zero-order valence-electron chi connectivity index (χ0n) is 19.6. The first-order valence-corrected chi connectivity index (χ1v) is 11.1. The second kappa shape index (κ2) is 11.0. The standard InChI is InChI=1S/C27H25N5O3/c1-34-23-11-9-22(10-12-23)32-26(17-25(30-32)21-7-3-8-24(16-21)35-2)27(33)31(15-5-13-28)19-20-6-4-14-29-18-20/h3-4,6-12,14,16-18H,5,15,19H2,1-2H3. The molecule has 4 aromatic rings. The summed E-state index contributed by atoms with van der Waals surface area (Å²) in [4.78, 5) is 19.6. The molecule has 0 fully saturated rings. The summed E-state index contributed by atoms with van der Waals surface area (Å²) in [7, 11) is 3.21. The van der Waals surface area contributed by atoms with Crippen LogP contribution in [0.4, 0.5) is 0 Å². The largest absolute Gasteiger partial charge is 0.497 e. The van der Waals surface area contributed by atoms with Crippen molar-refractivity contribution in [1.82, 2.24) is 19.7 Å². The van der Waals surface area contributed by atoms with Crippen LogP contribution in [0.5, 0.6) is 11.5 Å². The zero-order valence-corrected chi connectivity index (χ0v) is 19.6. The van der Waals surface area contributed by atoms with E-state index >= 15 is 0 Å². The number of carbonyl (C=O) groups is 1. The summed E-state index contributed by atoms with van der Waals surface area (Å²) < 4.78 is 12.3. The van der Waals surface area contributed by atoms with Crippen molar-refractivity contribution in [2.45, 2.75) is 13.0 Å². The summed E-state index contributed by atoms with van der Waals surface area (Å²) in [5, 5.41) is 13.9. The van der Waals surface area contributed by atoms with Crippen molar-refractivity contribution in [3.63, 3.8) is 0 Å². The molecule has 0 aliphatic carbocycles. The van der Waals surface area contributed by atoms with E-state index in [9.17, 15) is 10.1 Å². The topological polar surface area (TPSA) is 93.3 Å². The minimum atomic E-state index is -0.235. The van der Waals surface area contributed by atoms with Crippen LogP contribution in [-0.2, 0) is 6.54 Å². The average molecular weight is 468 g/mol. The number of benzene rings is 2. The van der Waals surface area contributed by atoms with E-state index in [1.807, 2.05) is 60.7 Å². The van der Waals surface area contributed by atoms with Gasteiger partial charge in [0.25, 0.3) is 5.91 Å². The van der Waals surface area contributed by atoms with Crippen molar-refractivity contribution >= 4 is 5.91 Å². The van der Waals surface area contributed by atoms with Crippen molar-refractivity contribution < 1.29 is 14.3 Å². The van der Waals surface area contributed by atoms with Crippen molar-refractivity contribution in [2.24, 2.45) is 0 Å². The molecule has 4 rings (SSSR count). The molecule has 0 bridgehead atoms. The van der Waals surface area contributed by atoms with Crippen LogP contribution in [0, 0.1) is 11.3 Å². The highest BCUT2D eigenvalue weighted by atomic mass is 16.5. The molecule has 1 amide bonds. The first-order chi connectivity index (χ1) is 17.1. The smallest absolute Gasteiger partial charge is 0.272 e. The van der Waals surface area contributed by atoms with Crippen molar-refractivity contribution in [3.8, 4) is 34.5 Å². The van der Waals surface area contributed by atoms with Gasteiger partial charge in [-0.05, 0) is 54.1 Å². The monoisotopic (exact) mass is 467 g/mol. The number of hydrogen-bond acceptors (Lipinski definition) is 6. The Bertz CT molecular complexity index is 1330. The van der Waals surface area contributed by atoms with Gasteiger partial charge in [0.15, 0.2) is 0 Å². The Morgan fingerprint density at radius 1 is 1.03 bits per heavy atom. The van der Waals surface area contributed by atoms with E-state index in [0.29, 0.717) is 35.1 Å².